The SMILES string of the molecule is CC.CCC(C)=NNc1ccccc1. The van der Waals surface area contributed by atoms with Crippen molar-refractivity contribution >= 4 is 11.4 Å². The van der Waals surface area contributed by atoms with Crippen molar-refractivity contribution in [3.63, 3.8) is 0 Å². The number of nitrogens with one attached hydrogen (secondary N) is 1. The second-order valence-corrected chi connectivity index (χ2v) is 2.68. The van der Waals surface area contributed by atoms with Gasteiger partial charge < -0.3 is 0 Å². The van der Waals surface area contributed by atoms with Crippen LogP contribution in [-0.4, -0.2) is 5.71 Å². The molecule has 0 saturated carbocycles. The van der Waals surface area contributed by atoms with Gasteiger partial charge in [0.25, 0.3) is 0 Å². The van der Waals surface area contributed by atoms with E-state index >= 15 is 0 Å². The van der Waals surface area contributed by atoms with E-state index in [0.717, 1.165) is 17.8 Å². The normalized spacial score (nSPS) is 10.1. The van der Waals surface area contributed by atoms with Gasteiger partial charge in [0.2, 0.25) is 0 Å². The summed E-state index contributed by atoms with van der Waals surface area (Å²) < 4.78 is 0. The van der Waals surface area contributed by atoms with Crippen LogP contribution in [-0.2, 0) is 0 Å². The molecule has 0 aliphatic rings. The molecule has 0 aliphatic heterocycles. The Labute approximate surface area is 87.0 Å². The highest BCUT2D eigenvalue weighted by molar-refractivity contribution is 5.82. The van der Waals surface area contributed by atoms with Gasteiger partial charge in [-0.25, -0.2) is 0 Å². The van der Waals surface area contributed by atoms with Gasteiger partial charge in [0.15, 0.2) is 0 Å². The highest BCUT2D eigenvalue weighted by atomic mass is 15.3. The zero-order chi connectivity index (χ0) is 10.8. The first kappa shape index (κ1) is 12.7. The van der Waals surface area contributed by atoms with Crippen molar-refractivity contribution in [2.24, 2.45) is 5.10 Å². The standard InChI is InChI=1S/C10H14N2.C2H6/c1-3-9(2)11-12-10-7-5-4-6-8-10;1-2/h4-8,12H,3H2,1-2H3;1-2H3. The van der Waals surface area contributed by atoms with Crippen molar-refractivity contribution in [2.45, 2.75) is 34.1 Å². The van der Waals surface area contributed by atoms with Crippen molar-refractivity contribution in [1.82, 2.24) is 0 Å². The van der Waals surface area contributed by atoms with Gasteiger partial charge in [-0.15, -0.1) is 0 Å². The molecule has 0 fully saturated rings. The molecule has 0 spiro atoms. The summed E-state index contributed by atoms with van der Waals surface area (Å²) in [6.07, 6.45) is 0.986. The number of hydrazone groups is 1. The summed E-state index contributed by atoms with van der Waals surface area (Å²) in [5.74, 6) is 0. The molecule has 0 aromatic heterocycles. The maximum absolute atomic E-state index is 4.18. The second-order valence-electron chi connectivity index (χ2n) is 2.68. The largest absolute Gasteiger partial charge is 0.279 e. The zero-order valence-corrected chi connectivity index (χ0v) is 9.54. The van der Waals surface area contributed by atoms with E-state index in [9.17, 15) is 0 Å². The summed E-state index contributed by atoms with van der Waals surface area (Å²) in [5, 5.41) is 4.18. The maximum Gasteiger partial charge on any atom is 0.0561 e. The lowest BCUT2D eigenvalue weighted by atomic mass is 10.3. The number of hydrogen-bond donors (Lipinski definition) is 1. The lowest BCUT2D eigenvalue weighted by Gasteiger charge is -2.00. The van der Waals surface area contributed by atoms with Gasteiger partial charge in [0.05, 0.1) is 5.69 Å². The van der Waals surface area contributed by atoms with Gasteiger partial charge in [0.1, 0.15) is 0 Å². The minimum absolute atomic E-state index is 0.986. The molecular weight excluding hydrogens is 172 g/mol. The fraction of sp³-hybridized carbons (Fsp3) is 0.417. The van der Waals surface area contributed by atoms with Crippen molar-refractivity contribution in [2.75, 3.05) is 5.43 Å². The summed E-state index contributed by atoms with van der Waals surface area (Å²) in [4.78, 5) is 0. The number of hydrogen-bond acceptors (Lipinski definition) is 2. The van der Waals surface area contributed by atoms with Crippen LogP contribution >= 0.6 is 0 Å². The molecule has 14 heavy (non-hydrogen) atoms. The van der Waals surface area contributed by atoms with Crippen molar-refractivity contribution < 1.29 is 0 Å². The first-order chi connectivity index (χ1) is 6.83. The van der Waals surface area contributed by atoms with Crippen LogP contribution in [0.25, 0.3) is 0 Å². The fourth-order valence-electron chi connectivity index (χ4n) is 0.752. The summed E-state index contributed by atoms with van der Waals surface area (Å²) >= 11 is 0. The Morgan fingerprint density at radius 3 is 2.29 bits per heavy atom. The lowest BCUT2D eigenvalue weighted by molar-refractivity contribution is 1.21. The predicted molar refractivity (Wildman–Crippen MR) is 64.8 cm³/mol. The fourth-order valence-corrected chi connectivity index (χ4v) is 0.752. The van der Waals surface area contributed by atoms with E-state index in [-0.39, 0.29) is 0 Å². The highest BCUT2D eigenvalue weighted by Crippen LogP contribution is 2.04. The van der Waals surface area contributed by atoms with Crippen molar-refractivity contribution in [1.29, 1.82) is 0 Å². The van der Waals surface area contributed by atoms with Crippen molar-refractivity contribution in [3.8, 4) is 0 Å². The van der Waals surface area contributed by atoms with Crippen LogP contribution in [0.3, 0.4) is 0 Å². The first-order valence-electron chi connectivity index (χ1n) is 5.17. The Balaban J connectivity index is 0.000000791. The van der Waals surface area contributed by atoms with Gasteiger partial charge >= 0.3 is 0 Å². The van der Waals surface area contributed by atoms with Gasteiger partial charge in [-0.1, -0.05) is 39.0 Å². The molecule has 0 aliphatic carbocycles. The molecule has 0 radical (unpaired) electrons. The quantitative estimate of drug-likeness (QED) is 0.570. The van der Waals surface area contributed by atoms with Crippen LogP contribution in [0, 0.1) is 0 Å². The molecule has 0 atom stereocenters. The summed E-state index contributed by atoms with van der Waals surface area (Å²) in [6.45, 7) is 8.10. The molecule has 1 rings (SSSR count). The molecule has 0 unspecified atom stereocenters. The molecule has 2 heteroatoms. The van der Waals surface area contributed by atoms with Crippen LogP contribution in [0.15, 0.2) is 35.4 Å². The summed E-state index contributed by atoms with van der Waals surface area (Å²) in [6, 6.07) is 9.94. The Bertz CT molecular complexity index is 252. The average molecular weight is 192 g/mol. The minimum Gasteiger partial charge on any atom is -0.279 e. The summed E-state index contributed by atoms with van der Waals surface area (Å²) in [7, 11) is 0. The molecule has 0 saturated heterocycles. The third-order valence-corrected chi connectivity index (χ3v) is 1.66. The highest BCUT2D eigenvalue weighted by Gasteiger charge is 1.86. The molecule has 1 aromatic carbocycles. The monoisotopic (exact) mass is 192 g/mol. The van der Waals surface area contributed by atoms with E-state index in [4.69, 9.17) is 0 Å². The van der Waals surface area contributed by atoms with Crippen LogP contribution < -0.4 is 5.43 Å². The molecule has 0 heterocycles. The number of para-hydroxylation sites is 1. The number of nitrogens with zero attached hydrogens (tertiary/aromatic N) is 1. The smallest absolute Gasteiger partial charge is 0.0561 e. The van der Waals surface area contributed by atoms with Gasteiger partial charge in [-0.05, 0) is 25.5 Å². The van der Waals surface area contributed by atoms with Gasteiger partial charge in [0, 0.05) is 5.71 Å². The van der Waals surface area contributed by atoms with Crippen molar-refractivity contribution in [3.05, 3.63) is 30.3 Å². The average Bonchev–Trinajstić information content (AvgIpc) is 2.30. The van der Waals surface area contributed by atoms with E-state index in [1.165, 1.54) is 0 Å². The molecule has 1 N–H and O–H groups in total. The zero-order valence-electron chi connectivity index (χ0n) is 9.54. The molecule has 0 amide bonds. The van der Waals surface area contributed by atoms with Gasteiger partial charge in [-0.2, -0.15) is 5.10 Å². The number of anilines is 1. The third-order valence-electron chi connectivity index (χ3n) is 1.66. The molecule has 2 nitrogen and oxygen atoms in total. The summed E-state index contributed by atoms with van der Waals surface area (Å²) in [5.41, 5.74) is 5.13. The van der Waals surface area contributed by atoms with E-state index in [1.54, 1.807) is 0 Å². The Hall–Kier alpha value is -1.31. The second kappa shape index (κ2) is 8.30. The van der Waals surface area contributed by atoms with Crippen LogP contribution in [0.4, 0.5) is 5.69 Å². The van der Waals surface area contributed by atoms with E-state index in [2.05, 4.69) is 17.5 Å². The van der Waals surface area contributed by atoms with E-state index in [1.807, 2.05) is 51.1 Å². The maximum atomic E-state index is 4.18. The van der Waals surface area contributed by atoms with Crippen LogP contribution in [0.1, 0.15) is 34.1 Å². The third kappa shape index (κ3) is 5.36. The minimum atomic E-state index is 0.986. The van der Waals surface area contributed by atoms with E-state index < -0.39 is 0 Å². The number of rotatable bonds is 3. The Morgan fingerprint density at radius 1 is 1.21 bits per heavy atom. The first-order valence-corrected chi connectivity index (χ1v) is 5.17. The van der Waals surface area contributed by atoms with Gasteiger partial charge in [-0.3, -0.25) is 5.43 Å². The Kier molecular flexibility index (Phi) is 7.52. The van der Waals surface area contributed by atoms with Crippen LogP contribution in [0.2, 0.25) is 0 Å². The molecule has 0 bridgehead atoms. The lowest BCUT2D eigenvalue weighted by Crippen LogP contribution is -1.94. The Morgan fingerprint density at radius 2 is 1.79 bits per heavy atom. The van der Waals surface area contributed by atoms with Crippen LogP contribution in [0.5, 0.6) is 0 Å². The number of benzene rings is 1. The molecule has 1 aromatic rings. The predicted octanol–water partition coefficient (Wildman–Crippen LogP) is 3.91. The molecule has 78 valence electrons. The molecular formula is C12H20N2. The van der Waals surface area contributed by atoms with E-state index in [0.29, 0.717) is 0 Å². The topological polar surface area (TPSA) is 24.4 Å².